The Morgan fingerprint density at radius 2 is 1.78 bits per heavy atom. The molecular weight excluding hydrogens is 493 g/mol. The summed E-state index contributed by atoms with van der Waals surface area (Å²) in [4.78, 5) is 17.2. The van der Waals surface area contributed by atoms with Gasteiger partial charge in [-0.05, 0) is 72.9 Å². The molecule has 0 saturated heterocycles. The molecule has 0 radical (unpaired) electrons. The first-order chi connectivity index (χ1) is 17.5. The van der Waals surface area contributed by atoms with Crippen molar-refractivity contribution in [3.63, 3.8) is 0 Å². The van der Waals surface area contributed by atoms with Crippen LogP contribution in [0.5, 0.6) is 5.75 Å². The number of aromatic amines is 1. The zero-order chi connectivity index (χ0) is 26.6. The number of benzene rings is 3. The highest BCUT2D eigenvalue weighted by Gasteiger charge is 2.21. The molecule has 0 unspecified atom stereocenters. The van der Waals surface area contributed by atoms with Gasteiger partial charge in [0.2, 0.25) is 0 Å². The molecule has 2 heterocycles. The first-order valence-corrected chi connectivity index (χ1v) is 13.1. The fraction of sp³-hybridized carbons (Fsp3) is 0.214. The zero-order valence-corrected chi connectivity index (χ0v) is 21.5. The van der Waals surface area contributed by atoms with Crippen molar-refractivity contribution < 1.29 is 16.5 Å². The average molecular weight is 518 g/mol. The second-order valence-corrected chi connectivity index (χ2v) is 10.6. The van der Waals surface area contributed by atoms with Crippen molar-refractivity contribution in [2.75, 3.05) is 0 Å². The van der Waals surface area contributed by atoms with Crippen LogP contribution >= 0.6 is 0 Å². The van der Waals surface area contributed by atoms with E-state index >= 15 is 0 Å². The third kappa shape index (κ3) is 4.23. The molecular formula is C28H24FN3O4S. The molecule has 2 aromatic heterocycles. The first kappa shape index (κ1) is 24.5. The number of rotatable bonds is 5. The minimum absolute atomic E-state index is 0.0256. The maximum atomic E-state index is 13.9. The second kappa shape index (κ2) is 8.75. The van der Waals surface area contributed by atoms with Gasteiger partial charge in [0.05, 0.1) is 22.5 Å². The van der Waals surface area contributed by atoms with E-state index in [2.05, 4.69) is 19.8 Å². The van der Waals surface area contributed by atoms with Gasteiger partial charge in [0.25, 0.3) is 0 Å². The Bertz CT molecular complexity index is 1930. The Labute approximate surface area is 213 Å². The highest BCUT2D eigenvalue weighted by molar-refractivity contribution is 7.81. The number of hydrogen-bond acceptors (Lipinski definition) is 5. The Kier molecular flexibility index (Phi) is 5.80. The van der Waals surface area contributed by atoms with E-state index in [1.807, 2.05) is 39.8 Å². The molecule has 5 aromatic rings. The molecule has 9 heteroatoms. The van der Waals surface area contributed by atoms with Crippen molar-refractivity contribution in [1.29, 1.82) is 5.26 Å². The second-order valence-electron chi connectivity index (χ2n) is 9.63. The molecule has 7 nitrogen and oxygen atoms in total. The molecule has 0 fully saturated rings. The standard InChI is InChI=1S/C28H24FN3O4S/c1-15(2)21-12-23-25(13-22(21)18-6-5-7-19(11-18)36-37(29,34)35)32(16(3)4)28-26(27(23)33)20-9-8-17(14-30)10-24(20)31-28/h5-13,15-16,31H,1-4H3. The summed E-state index contributed by atoms with van der Waals surface area (Å²) in [5.74, 6) is -0.118. The topological polar surface area (TPSA) is 105 Å². The van der Waals surface area contributed by atoms with E-state index in [1.54, 1.807) is 30.3 Å². The van der Waals surface area contributed by atoms with Crippen LogP contribution in [0, 0.1) is 11.3 Å². The lowest BCUT2D eigenvalue weighted by Crippen LogP contribution is -2.13. The van der Waals surface area contributed by atoms with Gasteiger partial charge in [-0.25, -0.2) is 0 Å². The highest BCUT2D eigenvalue weighted by atomic mass is 32.3. The number of aromatic nitrogens is 2. The molecule has 188 valence electrons. The smallest absolute Gasteiger partial charge is 0.358 e. The number of nitriles is 1. The lowest BCUT2D eigenvalue weighted by molar-refractivity contribution is 0.440. The minimum atomic E-state index is -5.17. The summed E-state index contributed by atoms with van der Waals surface area (Å²) in [5, 5.41) is 11.2. The first-order valence-electron chi connectivity index (χ1n) is 11.8. The molecule has 0 aliphatic rings. The molecule has 0 atom stereocenters. The summed E-state index contributed by atoms with van der Waals surface area (Å²) >= 11 is 0. The number of nitrogens with one attached hydrogen (secondary N) is 1. The zero-order valence-electron chi connectivity index (χ0n) is 20.7. The summed E-state index contributed by atoms with van der Waals surface area (Å²) in [6.45, 7) is 8.05. The van der Waals surface area contributed by atoms with Gasteiger partial charge in [0, 0.05) is 22.3 Å². The van der Waals surface area contributed by atoms with E-state index in [9.17, 15) is 22.4 Å². The summed E-state index contributed by atoms with van der Waals surface area (Å²) in [6, 6.07) is 17.4. The van der Waals surface area contributed by atoms with Crippen LogP contribution in [0.15, 0.2) is 59.4 Å². The fourth-order valence-corrected chi connectivity index (χ4v) is 5.33. The molecule has 0 aliphatic carbocycles. The monoisotopic (exact) mass is 517 g/mol. The maximum Gasteiger partial charge on any atom is 0.488 e. The summed E-state index contributed by atoms with van der Waals surface area (Å²) in [7, 11) is -5.17. The normalized spacial score (nSPS) is 12.2. The van der Waals surface area contributed by atoms with Gasteiger partial charge in [0.15, 0.2) is 5.43 Å². The molecule has 0 amide bonds. The van der Waals surface area contributed by atoms with E-state index in [-0.39, 0.29) is 23.1 Å². The largest absolute Gasteiger partial charge is 0.488 e. The Morgan fingerprint density at radius 3 is 2.43 bits per heavy atom. The van der Waals surface area contributed by atoms with Gasteiger partial charge in [0.1, 0.15) is 11.4 Å². The SMILES string of the molecule is CC(C)c1cc2c(=O)c3c4ccc(C#N)cc4[nH]c3n(C(C)C)c2cc1-c1cccc(OS(=O)(=O)F)c1. The number of nitrogens with zero attached hydrogens (tertiary/aromatic N) is 2. The number of hydrogen-bond donors (Lipinski definition) is 1. The predicted octanol–water partition coefficient (Wildman–Crippen LogP) is 6.47. The van der Waals surface area contributed by atoms with Gasteiger partial charge < -0.3 is 13.7 Å². The number of halogens is 1. The average Bonchev–Trinajstić information content (AvgIpc) is 3.20. The van der Waals surface area contributed by atoms with Gasteiger partial charge in [-0.2, -0.15) is 13.7 Å². The molecule has 37 heavy (non-hydrogen) atoms. The van der Waals surface area contributed by atoms with Crippen LogP contribution in [0.4, 0.5) is 3.89 Å². The van der Waals surface area contributed by atoms with E-state index in [1.165, 1.54) is 12.1 Å². The summed E-state index contributed by atoms with van der Waals surface area (Å²) in [5.41, 5.74) is 4.72. The molecule has 0 bridgehead atoms. The molecule has 0 spiro atoms. The van der Waals surface area contributed by atoms with Crippen LogP contribution in [0.2, 0.25) is 0 Å². The fourth-order valence-electron chi connectivity index (χ4n) is 5.00. The highest BCUT2D eigenvalue weighted by Crippen LogP contribution is 2.37. The van der Waals surface area contributed by atoms with Gasteiger partial charge in [-0.3, -0.25) is 4.79 Å². The molecule has 3 aromatic carbocycles. The Hall–Kier alpha value is -4.16. The Balaban J connectivity index is 1.89. The molecule has 1 N–H and O–H groups in total. The number of fused-ring (bicyclic) bond motifs is 4. The van der Waals surface area contributed by atoms with Crippen molar-refractivity contribution in [3.05, 3.63) is 75.9 Å². The molecule has 5 rings (SSSR count). The minimum Gasteiger partial charge on any atom is -0.358 e. The number of pyridine rings is 1. The summed E-state index contributed by atoms with van der Waals surface area (Å²) in [6.07, 6.45) is 0. The quantitative estimate of drug-likeness (QED) is 0.269. The van der Waals surface area contributed by atoms with Crippen LogP contribution in [-0.4, -0.2) is 18.0 Å². The van der Waals surface area contributed by atoms with Crippen molar-refractivity contribution >= 4 is 43.3 Å². The van der Waals surface area contributed by atoms with Crippen LogP contribution < -0.4 is 9.61 Å². The van der Waals surface area contributed by atoms with E-state index in [4.69, 9.17) is 0 Å². The lowest BCUT2D eigenvalue weighted by atomic mass is 9.90. The van der Waals surface area contributed by atoms with Crippen molar-refractivity contribution in [3.8, 4) is 22.9 Å². The van der Waals surface area contributed by atoms with Crippen LogP contribution in [-0.2, 0) is 10.5 Å². The van der Waals surface area contributed by atoms with Gasteiger partial charge in [-0.1, -0.05) is 35.9 Å². The van der Waals surface area contributed by atoms with Crippen molar-refractivity contribution in [1.82, 2.24) is 9.55 Å². The van der Waals surface area contributed by atoms with Crippen molar-refractivity contribution in [2.24, 2.45) is 0 Å². The van der Waals surface area contributed by atoms with E-state index in [0.29, 0.717) is 38.6 Å². The maximum absolute atomic E-state index is 13.9. The molecule has 0 aliphatic heterocycles. The van der Waals surface area contributed by atoms with Crippen molar-refractivity contribution in [2.45, 2.75) is 39.7 Å². The third-order valence-electron chi connectivity index (χ3n) is 6.53. The van der Waals surface area contributed by atoms with E-state index in [0.717, 1.165) is 16.5 Å². The van der Waals surface area contributed by atoms with Crippen LogP contribution in [0.3, 0.4) is 0 Å². The predicted molar refractivity (Wildman–Crippen MR) is 143 cm³/mol. The molecule has 0 saturated carbocycles. The summed E-state index contributed by atoms with van der Waals surface area (Å²) < 4.78 is 41.8. The third-order valence-corrected chi connectivity index (χ3v) is 6.92. The van der Waals surface area contributed by atoms with E-state index < -0.39 is 10.5 Å². The van der Waals surface area contributed by atoms with Crippen LogP contribution in [0.25, 0.3) is 44.0 Å². The van der Waals surface area contributed by atoms with Gasteiger partial charge >= 0.3 is 10.5 Å². The lowest BCUT2D eigenvalue weighted by Gasteiger charge is -2.21. The Morgan fingerprint density at radius 1 is 1.03 bits per heavy atom. The van der Waals surface area contributed by atoms with Crippen LogP contribution in [0.1, 0.15) is 50.8 Å². The number of H-pyrrole nitrogens is 1. The van der Waals surface area contributed by atoms with Gasteiger partial charge in [-0.15, -0.1) is 0 Å².